The van der Waals surface area contributed by atoms with Crippen molar-refractivity contribution in [3.63, 3.8) is 0 Å². The van der Waals surface area contributed by atoms with Gasteiger partial charge in [0.15, 0.2) is 0 Å². The van der Waals surface area contributed by atoms with Gasteiger partial charge in [0, 0.05) is 10.7 Å². The van der Waals surface area contributed by atoms with Crippen molar-refractivity contribution >= 4 is 15.9 Å². The van der Waals surface area contributed by atoms with Crippen LogP contribution in [0.5, 0.6) is 0 Å². The maximum absolute atomic E-state index is 4.23. The fourth-order valence-electron chi connectivity index (χ4n) is 0.991. The van der Waals surface area contributed by atoms with E-state index in [1.807, 2.05) is 16.7 Å². The minimum atomic E-state index is 0.709. The highest BCUT2D eigenvalue weighted by atomic mass is 79.9. The van der Waals surface area contributed by atoms with E-state index in [9.17, 15) is 0 Å². The standard InChI is InChI=1S/C8H7BrN4/c9-7-1-2-8(10-3-7)4-13-5-11-12-6-13/h1-3,5-6H,4H2. The van der Waals surface area contributed by atoms with Gasteiger partial charge in [-0.3, -0.25) is 4.98 Å². The number of nitrogens with zero attached hydrogens (tertiary/aromatic N) is 4. The first-order valence-corrected chi connectivity index (χ1v) is 4.57. The van der Waals surface area contributed by atoms with Crippen molar-refractivity contribution in [3.05, 3.63) is 41.2 Å². The Labute approximate surface area is 83.8 Å². The maximum atomic E-state index is 4.23. The lowest BCUT2D eigenvalue weighted by atomic mass is 10.3. The van der Waals surface area contributed by atoms with Gasteiger partial charge in [-0.1, -0.05) is 0 Å². The van der Waals surface area contributed by atoms with E-state index in [4.69, 9.17) is 0 Å². The highest BCUT2D eigenvalue weighted by Gasteiger charge is 1.95. The summed E-state index contributed by atoms with van der Waals surface area (Å²) in [6.07, 6.45) is 5.12. The molecule has 0 N–H and O–H groups in total. The summed E-state index contributed by atoms with van der Waals surface area (Å²) in [6.45, 7) is 0.709. The summed E-state index contributed by atoms with van der Waals surface area (Å²) < 4.78 is 2.86. The Morgan fingerprint density at radius 3 is 2.62 bits per heavy atom. The van der Waals surface area contributed by atoms with E-state index >= 15 is 0 Å². The Bertz CT molecular complexity index is 368. The molecule has 0 radical (unpaired) electrons. The minimum Gasteiger partial charge on any atom is -0.314 e. The Morgan fingerprint density at radius 1 is 1.23 bits per heavy atom. The molecular formula is C8H7BrN4. The fourth-order valence-corrected chi connectivity index (χ4v) is 1.23. The highest BCUT2D eigenvalue weighted by molar-refractivity contribution is 9.10. The second-order valence-electron chi connectivity index (χ2n) is 2.60. The molecule has 0 saturated heterocycles. The molecule has 0 aliphatic carbocycles. The summed E-state index contributed by atoms with van der Waals surface area (Å²) in [5.41, 5.74) is 0.989. The van der Waals surface area contributed by atoms with Crippen molar-refractivity contribution in [2.45, 2.75) is 6.54 Å². The molecule has 0 spiro atoms. The van der Waals surface area contributed by atoms with E-state index in [1.54, 1.807) is 18.9 Å². The predicted molar refractivity (Wildman–Crippen MR) is 51.1 cm³/mol. The molecule has 2 rings (SSSR count). The molecule has 2 aromatic heterocycles. The average molecular weight is 239 g/mol. The average Bonchev–Trinajstić information content (AvgIpc) is 2.62. The lowest BCUT2D eigenvalue weighted by Gasteiger charge is -1.99. The van der Waals surface area contributed by atoms with E-state index in [0.29, 0.717) is 6.54 Å². The van der Waals surface area contributed by atoms with Crippen molar-refractivity contribution in [2.24, 2.45) is 0 Å². The van der Waals surface area contributed by atoms with E-state index < -0.39 is 0 Å². The fraction of sp³-hybridized carbons (Fsp3) is 0.125. The lowest BCUT2D eigenvalue weighted by Crippen LogP contribution is -1.98. The first-order valence-electron chi connectivity index (χ1n) is 3.77. The molecule has 0 unspecified atom stereocenters. The third-order valence-corrected chi connectivity index (χ3v) is 2.07. The monoisotopic (exact) mass is 238 g/mol. The molecule has 0 fully saturated rings. The first-order chi connectivity index (χ1) is 6.34. The van der Waals surface area contributed by atoms with Crippen LogP contribution in [0.15, 0.2) is 35.5 Å². The molecule has 0 aromatic carbocycles. The maximum Gasteiger partial charge on any atom is 0.119 e. The van der Waals surface area contributed by atoms with Crippen LogP contribution in [-0.4, -0.2) is 19.7 Å². The SMILES string of the molecule is Brc1ccc(Cn2cnnc2)nc1. The molecule has 2 heterocycles. The number of pyridine rings is 1. The predicted octanol–water partition coefficient (Wildman–Crippen LogP) is 1.48. The van der Waals surface area contributed by atoms with Crippen LogP contribution < -0.4 is 0 Å². The van der Waals surface area contributed by atoms with Crippen LogP contribution in [0, 0.1) is 0 Å². The van der Waals surface area contributed by atoms with E-state index in [1.165, 1.54) is 0 Å². The molecule has 0 atom stereocenters. The number of hydrogen-bond donors (Lipinski definition) is 0. The summed E-state index contributed by atoms with van der Waals surface area (Å²) in [5.74, 6) is 0. The van der Waals surface area contributed by atoms with Crippen molar-refractivity contribution in [1.82, 2.24) is 19.7 Å². The van der Waals surface area contributed by atoms with Gasteiger partial charge in [-0.2, -0.15) is 0 Å². The zero-order chi connectivity index (χ0) is 9.10. The molecule has 0 amide bonds. The van der Waals surface area contributed by atoms with Crippen LogP contribution in [-0.2, 0) is 6.54 Å². The van der Waals surface area contributed by atoms with Gasteiger partial charge < -0.3 is 4.57 Å². The molecule has 4 nitrogen and oxygen atoms in total. The Kier molecular flexibility index (Phi) is 2.35. The van der Waals surface area contributed by atoms with Gasteiger partial charge in [-0.15, -0.1) is 10.2 Å². The van der Waals surface area contributed by atoms with Gasteiger partial charge in [-0.25, -0.2) is 0 Å². The van der Waals surface area contributed by atoms with Crippen LogP contribution in [0.4, 0.5) is 0 Å². The lowest BCUT2D eigenvalue weighted by molar-refractivity contribution is 0.770. The van der Waals surface area contributed by atoms with Gasteiger partial charge in [0.05, 0.1) is 12.2 Å². The van der Waals surface area contributed by atoms with Crippen LogP contribution in [0.25, 0.3) is 0 Å². The second kappa shape index (κ2) is 3.66. The first kappa shape index (κ1) is 8.37. The molecule has 5 heteroatoms. The summed E-state index contributed by atoms with van der Waals surface area (Å²) >= 11 is 3.33. The Morgan fingerprint density at radius 2 is 2.00 bits per heavy atom. The topological polar surface area (TPSA) is 43.6 Å². The second-order valence-corrected chi connectivity index (χ2v) is 3.52. The Balaban J connectivity index is 2.15. The van der Waals surface area contributed by atoms with Gasteiger partial charge >= 0.3 is 0 Å². The Hall–Kier alpha value is -1.23. The zero-order valence-corrected chi connectivity index (χ0v) is 8.35. The molecular weight excluding hydrogens is 232 g/mol. The molecule has 0 aliphatic rings. The van der Waals surface area contributed by atoms with Crippen LogP contribution in [0.2, 0.25) is 0 Å². The molecule has 0 aliphatic heterocycles. The van der Waals surface area contributed by atoms with Crippen molar-refractivity contribution in [2.75, 3.05) is 0 Å². The van der Waals surface area contributed by atoms with Crippen molar-refractivity contribution < 1.29 is 0 Å². The molecule has 13 heavy (non-hydrogen) atoms. The molecule has 0 saturated carbocycles. The van der Waals surface area contributed by atoms with Crippen LogP contribution in [0.1, 0.15) is 5.69 Å². The van der Waals surface area contributed by atoms with Gasteiger partial charge in [0.2, 0.25) is 0 Å². The van der Waals surface area contributed by atoms with E-state index in [0.717, 1.165) is 10.2 Å². The van der Waals surface area contributed by atoms with E-state index in [2.05, 4.69) is 31.1 Å². The van der Waals surface area contributed by atoms with Crippen molar-refractivity contribution in [1.29, 1.82) is 0 Å². The van der Waals surface area contributed by atoms with Crippen molar-refractivity contribution in [3.8, 4) is 0 Å². The quantitative estimate of drug-likeness (QED) is 0.797. The van der Waals surface area contributed by atoms with Crippen LogP contribution in [0.3, 0.4) is 0 Å². The van der Waals surface area contributed by atoms with Gasteiger partial charge in [0.25, 0.3) is 0 Å². The largest absolute Gasteiger partial charge is 0.314 e. The molecule has 2 aromatic rings. The molecule has 0 bridgehead atoms. The van der Waals surface area contributed by atoms with Gasteiger partial charge in [-0.05, 0) is 28.1 Å². The minimum absolute atomic E-state index is 0.709. The molecule has 66 valence electrons. The summed E-state index contributed by atoms with van der Waals surface area (Å²) in [7, 11) is 0. The van der Waals surface area contributed by atoms with E-state index in [-0.39, 0.29) is 0 Å². The van der Waals surface area contributed by atoms with Gasteiger partial charge in [0.1, 0.15) is 12.7 Å². The number of hydrogen-bond acceptors (Lipinski definition) is 3. The number of rotatable bonds is 2. The smallest absolute Gasteiger partial charge is 0.119 e. The third kappa shape index (κ3) is 2.12. The summed E-state index contributed by atoms with van der Waals surface area (Å²) in [4.78, 5) is 4.23. The normalized spacial score (nSPS) is 10.2. The highest BCUT2D eigenvalue weighted by Crippen LogP contribution is 2.07. The zero-order valence-electron chi connectivity index (χ0n) is 6.76. The third-order valence-electron chi connectivity index (χ3n) is 1.60. The summed E-state index contributed by atoms with van der Waals surface area (Å²) in [6, 6.07) is 3.93. The summed E-state index contributed by atoms with van der Waals surface area (Å²) in [5, 5.41) is 7.42. The van der Waals surface area contributed by atoms with Crippen LogP contribution >= 0.6 is 15.9 Å². The number of aromatic nitrogens is 4. The number of halogens is 1.